The number of likely N-dealkylation sites (tertiary alicyclic amines) is 1. The standard InChI is InChI=1S/C21H27N5O/c1-2-3-11-25-13-10-22-21(25)16-7-6-12-26(15-16)20(27)14-19-23-17-8-4-5-9-18(17)24-19/h4-5,8-10,13,16H,2-3,6-7,11-12,14-15H2,1H3,(H,23,24)/t16-/m0/s1. The van der Waals surface area contributed by atoms with Gasteiger partial charge in [-0.3, -0.25) is 4.79 Å². The van der Waals surface area contributed by atoms with Crippen LogP contribution in [0, 0.1) is 0 Å². The number of hydrogen-bond donors (Lipinski definition) is 1. The van der Waals surface area contributed by atoms with Crippen LogP contribution in [0.3, 0.4) is 0 Å². The minimum Gasteiger partial charge on any atom is -0.342 e. The molecule has 0 bridgehead atoms. The number of aryl methyl sites for hydroxylation is 1. The number of H-pyrrole nitrogens is 1. The molecule has 0 radical (unpaired) electrons. The lowest BCUT2D eigenvalue weighted by Crippen LogP contribution is -2.40. The van der Waals surface area contributed by atoms with Crippen molar-refractivity contribution in [2.75, 3.05) is 13.1 Å². The van der Waals surface area contributed by atoms with Crippen molar-refractivity contribution in [3.8, 4) is 0 Å². The van der Waals surface area contributed by atoms with Crippen LogP contribution in [0.25, 0.3) is 11.0 Å². The van der Waals surface area contributed by atoms with Crippen molar-refractivity contribution < 1.29 is 4.79 Å². The van der Waals surface area contributed by atoms with Gasteiger partial charge in [0.05, 0.1) is 17.5 Å². The number of hydrogen-bond acceptors (Lipinski definition) is 3. The number of piperidine rings is 1. The molecule has 27 heavy (non-hydrogen) atoms. The molecule has 3 aromatic rings. The molecule has 1 atom stereocenters. The van der Waals surface area contributed by atoms with Crippen LogP contribution in [0.5, 0.6) is 0 Å². The molecule has 1 saturated heterocycles. The van der Waals surface area contributed by atoms with Crippen LogP contribution in [0.15, 0.2) is 36.7 Å². The number of fused-ring (bicyclic) bond motifs is 1. The van der Waals surface area contributed by atoms with Crippen LogP contribution in [0.4, 0.5) is 0 Å². The van der Waals surface area contributed by atoms with Crippen molar-refractivity contribution in [2.24, 2.45) is 0 Å². The third kappa shape index (κ3) is 3.89. The molecule has 0 saturated carbocycles. The van der Waals surface area contributed by atoms with E-state index in [2.05, 4.69) is 32.6 Å². The fourth-order valence-electron chi connectivity index (χ4n) is 3.96. The largest absolute Gasteiger partial charge is 0.342 e. The van der Waals surface area contributed by atoms with Gasteiger partial charge in [-0.15, -0.1) is 0 Å². The fourth-order valence-corrected chi connectivity index (χ4v) is 3.96. The maximum Gasteiger partial charge on any atom is 0.230 e. The molecular weight excluding hydrogens is 338 g/mol. The molecule has 1 amide bonds. The number of aromatic nitrogens is 4. The van der Waals surface area contributed by atoms with Crippen LogP contribution >= 0.6 is 0 Å². The summed E-state index contributed by atoms with van der Waals surface area (Å²) in [4.78, 5) is 27.3. The molecule has 3 heterocycles. The number of carbonyl (C=O) groups is 1. The van der Waals surface area contributed by atoms with E-state index in [1.54, 1.807) is 0 Å². The molecule has 2 aromatic heterocycles. The molecule has 142 valence electrons. The molecule has 4 rings (SSSR count). The lowest BCUT2D eigenvalue weighted by Gasteiger charge is -2.32. The number of para-hydroxylation sites is 2. The normalized spacial score (nSPS) is 17.5. The van der Waals surface area contributed by atoms with Gasteiger partial charge in [0.2, 0.25) is 5.91 Å². The number of carbonyl (C=O) groups excluding carboxylic acids is 1. The first kappa shape index (κ1) is 17.8. The molecule has 0 spiro atoms. The van der Waals surface area contributed by atoms with E-state index in [1.165, 1.54) is 6.42 Å². The second kappa shape index (κ2) is 7.94. The molecular formula is C21H27N5O. The zero-order valence-electron chi connectivity index (χ0n) is 15.9. The topological polar surface area (TPSA) is 66.8 Å². The van der Waals surface area contributed by atoms with Crippen molar-refractivity contribution in [2.45, 2.75) is 51.5 Å². The highest BCUT2D eigenvalue weighted by atomic mass is 16.2. The van der Waals surface area contributed by atoms with Gasteiger partial charge >= 0.3 is 0 Å². The summed E-state index contributed by atoms with van der Waals surface area (Å²) < 4.78 is 2.27. The van der Waals surface area contributed by atoms with Crippen LogP contribution in [0.1, 0.15) is 50.2 Å². The molecule has 1 N–H and O–H groups in total. The Morgan fingerprint density at radius 2 is 2.22 bits per heavy atom. The lowest BCUT2D eigenvalue weighted by atomic mass is 9.96. The molecule has 1 aromatic carbocycles. The SMILES string of the molecule is CCCCn1ccnc1[C@H]1CCCN(C(=O)Cc2nc3ccccc3[nH]2)C1. The average molecular weight is 365 g/mol. The Labute approximate surface area is 159 Å². The van der Waals surface area contributed by atoms with Gasteiger partial charge in [-0.2, -0.15) is 0 Å². The smallest absolute Gasteiger partial charge is 0.230 e. The maximum atomic E-state index is 12.9. The van der Waals surface area contributed by atoms with E-state index < -0.39 is 0 Å². The quantitative estimate of drug-likeness (QED) is 0.727. The second-order valence-electron chi connectivity index (χ2n) is 7.39. The highest BCUT2D eigenvalue weighted by Gasteiger charge is 2.27. The van der Waals surface area contributed by atoms with Gasteiger partial charge in [-0.05, 0) is 31.4 Å². The van der Waals surface area contributed by atoms with E-state index >= 15 is 0 Å². The molecule has 1 aliphatic heterocycles. The Balaban J connectivity index is 1.43. The first-order valence-corrected chi connectivity index (χ1v) is 9.97. The Morgan fingerprint density at radius 3 is 3.07 bits per heavy atom. The molecule has 6 heteroatoms. The minimum atomic E-state index is 0.144. The van der Waals surface area contributed by atoms with Gasteiger partial charge in [0.1, 0.15) is 11.6 Å². The number of unbranched alkanes of at least 4 members (excludes halogenated alkanes) is 1. The highest BCUT2D eigenvalue weighted by molar-refractivity contribution is 5.80. The Kier molecular flexibility index (Phi) is 5.23. The summed E-state index contributed by atoms with van der Waals surface area (Å²) in [5, 5.41) is 0. The third-order valence-electron chi connectivity index (χ3n) is 5.40. The van der Waals surface area contributed by atoms with Gasteiger partial charge in [0.25, 0.3) is 0 Å². The number of imidazole rings is 2. The van der Waals surface area contributed by atoms with Gasteiger partial charge in [0, 0.05) is 37.9 Å². The van der Waals surface area contributed by atoms with E-state index in [1.807, 2.05) is 35.4 Å². The summed E-state index contributed by atoms with van der Waals surface area (Å²) in [5.41, 5.74) is 1.89. The zero-order chi connectivity index (χ0) is 18.6. The summed E-state index contributed by atoms with van der Waals surface area (Å²) in [5.74, 6) is 2.34. The predicted octanol–water partition coefficient (Wildman–Crippen LogP) is 3.51. The van der Waals surface area contributed by atoms with Crippen LogP contribution in [-0.2, 0) is 17.8 Å². The van der Waals surface area contributed by atoms with Gasteiger partial charge in [0.15, 0.2) is 0 Å². The van der Waals surface area contributed by atoms with Gasteiger partial charge in [-0.25, -0.2) is 9.97 Å². The summed E-state index contributed by atoms with van der Waals surface area (Å²) >= 11 is 0. The Morgan fingerprint density at radius 1 is 1.33 bits per heavy atom. The predicted molar refractivity (Wildman–Crippen MR) is 105 cm³/mol. The Hall–Kier alpha value is -2.63. The van der Waals surface area contributed by atoms with Gasteiger partial charge < -0.3 is 14.5 Å². The number of nitrogens with one attached hydrogen (secondary N) is 1. The van der Waals surface area contributed by atoms with Crippen molar-refractivity contribution in [1.82, 2.24) is 24.4 Å². The number of rotatable bonds is 6. The first-order chi connectivity index (χ1) is 13.2. The van der Waals surface area contributed by atoms with Crippen molar-refractivity contribution in [1.29, 1.82) is 0 Å². The monoisotopic (exact) mass is 365 g/mol. The summed E-state index contributed by atoms with van der Waals surface area (Å²) in [6, 6.07) is 7.89. The van der Waals surface area contributed by atoms with E-state index in [4.69, 9.17) is 0 Å². The maximum absolute atomic E-state index is 12.9. The summed E-state index contributed by atoms with van der Waals surface area (Å²) in [6.07, 6.45) is 8.73. The van der Waals surface area contributed by atoms with Gasteiger partial charge in [-0.1, -0.05) is 25.5 Å². The third-order valence-corrected chi connectivity index (χ3v) is 5.40. The molecule has 0 aliphatic carbocycles. The number of aromatic amines is 1. The van der Waals surface area contributed by atoms with Crippen molar-refractivity contribution >= 4 is 16.9 Å². The number of amides is 1. The second-order valence-corrected chi connectivity index (χ2v) is 7.39. The zero-order valence-corrected chi connectivity index (χ0v) is 15.9. The van der Waals surface area contributed by atoms with Crippen molar-refractivity contribution in [3.63, 3.8) is 0 Å². The minimum absolute atomic E-state index is 0.144. The van der Waals surface area contributed by atoms with Crippen LogP contribution in [-0.4, -0.2) is 43.4 Å². The number of benzene rings is 1. The molecule has 0 unspecified atom stereocenters. The first-order valence-electron chi connectivity index (χ1n) is 9.97. The van der Waals surface area contributed by atoms with E-state index in [0.29, 0.717) is 12.3 Å². The van der Waals surface area contributed by atoms with Crippen LogP contribution < -0.4 is 0 Å². The van der Waals surface area contributed by atoms with E-state index in [9.17, 15) is 4.79 Å². The molecule has 6 nitrogen and oxygen atoms in total. The summed E-state index contributed by atoms with van der Waals surface area (Å²) in [7, 11) is 0. The lowest BCUT2D eigenvalue weighted by molar-refractivity contribution is -0.131. The van der Waals surface area contributed by atoms with Crippen LogP contribution in [0.2, 0.25) is 0 Å². The number of nitrogens with zero attached hydrogens (tertiary/aromatic N) is 4. The highest BCUT2D eigenvalue weighted by Crippen LogP contribution is 2.26. The summed E-state index contributed by atoms with van der Waals surface area (Å²) in [6.45, 7) is 4.79. The molecule has 1 fully saturated rings. The fraction of sp³-hybridized carbons (Fsp3) is 0.476. The van der Waals surface area contributed by atoms with Crippen molar-refractivity contribution in [3.05, 3.63) is 48.3 Å². The molecule has 1 aliphatic rings. The average Bonchev–Trinajstić information content (AvgIpc) is 3.32. The Bertz CT molecular complexity index is 879. The van der Waals surface area contributed by atoms with E-state index in [0.717, 1.165) is 61.6 Å². The van der Waals surface area contributed by atoms with E-state index in [-0.39, 0.29) is 5.91 Å².